The molecule has 0 saturated carbocycles. The van der Waals surface area contributed by atoms with Gasteiger partial charge in [-0.2, -0.15) is 0 Å². The number of hydrogen-bond acceptors (Lipinski definition) is 2. The number of hydrogen-bond donors (Lipinski definition) is 1. The lowest BCUT2D eigenvalue weighted by Crippen LogP contribution is -1.83. The molecule has 0 spiro atoms. The first-order valence-corrected chi connectivity index (χ1v) is 6.10. The molecule has 1 aromatic carbocycles. The monoisotopic (exact) mass is 379 g/mol. The van der Waals surface area contributed by atoms with E-state index in [0.717, 1.165) is 14.3 Å². The van der Waals surface area contributed by atoms with E-state index < -0.39 is 0 Å². The van der Waals surface area contributed by atoms with Gasteiger partial charge in [0, 0.05) is 20.5 Å². The maximum atomic E-state index is 9.76. The van der Waals surface area contributed by atoms with Crippen LogP contribution in [0, 0.1) is 0 Å². The first-order chi connectivity index (χ1) is 6.61. The highest BCUT2D eigenvalue weighted by molar-refractivity contribution is 9.11. The number of aromatic nitrogens is 1. The van der Waals surface area contributed by atoms with Crippen molar-refractivity contribution < 1.29 is 5.11 Å². The van der Waals surface area contributed by atoms with Gasteiger partial charge in [-0.05, 0) is 44.0 Å². The van der Waals surface area contributed by atoms with Crippen molar-refractivity contribution in [1.82, 2.24) is 4.98 Å². The molecular weight excluding hydrogens is 378 g/mol. The van der Waals surface area contributed by atoms with Gasteiger partial charge in [-0.1, -0.05) is 15.9 Å². The second-order valence-corrected chi connectivity index (χ2v) is 5.27. The van der Waals surface area contributed by atoms with Crippen LogP contribution in [0.2, 0.25) is 0 Å². The molecule has 0 unspecified atom stereocenters. The first kappa shape index (κ1) is 10.4. The van der Waals surface area contributed by atoms with E-state index in [0.29, 0.717) is 9.99 Å². The Hall–Kier alpha value is -0.130. The fourth-order valence-corrected chi connectivity index (χ4v) is 3.35. The first-order valence-electron chi connectivity index (χ1n) is 3.72. The molecule has 14 heavy (non-hydrogen) atoms. The highest BCUT2D eigenvalue weighted by Gasteiger charge is 2.11. The van der Waals surface area contributed by atoms with Gasteiger partial charge < -0.3 is 5.11 Å². The summed E-state index contributed by atoms with van der Waals surface area (Å²) >= 11 is 10.1. The number of benzene rings is 1. The molecule has 2 aromatic rings. The molecule has 0 aliphatic rings. The van der Waals surface area contributed by atoms with Gasteiger partial charge >= 0.3 is 0 Å². The molecule has 1 heterocycles. The second-order valence-electron chi connectivity index (χ2n) is 2.71. The molecule has 72 valence electrons. The lowest BCUT2D eigenvalue weighted by Gasteiger charge is -2.06. The summed E-state index contributed by atoms with van der Waals surface area (Å²) in [5.41, 5.74) is 0.570. The molecule has 0 bridgehead atoms. The average molecular weight is 382 g/mol. The predicted molar refractivity (Wildman–Crippen MR) is 66.5 cm³/mol. The maximum absolute atomic E-state index is 9.76. The zero-order valence-corrected chi connectivity index (χ0v) is 11.5. The number of phenols is 1. The average Bonchev–Trinajstić information content (AvgIpc) is 2.14. The van der Waals surface area contributed by atoms with Crippen LogP contribution in [0.15, 0.2) is 31.7 Å². The topological polar surface area (TPSA) is 33.1 Å². The minimum absolute atomic E-state index is 0.157. The summed E-state index contributed by atoms with van der Waals surface area (Å²) in [7, 11) is 0. The molecule has 5 heteroatoms. The normalized spacial score (nSPS) is 10.8. The fraction of sp³-hybridized carbons (Fsp3) is 0. The molecule has 0 amide bonds. The summed E-state index contributed by atoms with van der Waals surface area (Å²) in [6.45, 7) is 0. The highest BCUT2D eigenvalue weighted by Crippen LogP contribution is 2.39. The SMILES string of the molecule is Oc1c(Br)cc(Br)c2c(Br)ccnc12. The van der Waals surface area contributed by atoms with Gasteiger partial charge in [0.25, 0.3) is 0 Å². The van der Waals surface area contributed by atoms with Gasteiger partial charge in [-0.15, -0.1) is 0 Å². The van der Waals surface area contributed by atoms with Crippen LogP contribution in [-0.2, 0) is 0 Å². The van der Waals surface area contributed by atoms with Crippen LogP contribution in [0.4, 0.5) is 0 Å². The summed E-state index contributed by atoms with van der Waals surface area (Å²) in [4.78, 5) is 4.12. The molecule has 2 rings (SSSR count). The van der Waals surface area contributed by atoms with Crippen LogP contribution in [0.5, 0.6) is 5.75 Å². The Morgan fingerprint density at radius 1 is 1.07 bits per heavy atom. The van der Waals surface area contributed by atoms with Crippen molar-refractivity contribution in [2.45, 2.75) is 0 Å². The number of phenolic OH excluding ortho intramolecular Hbond substituents is 1. The van der Waals surface area contributed by atoms with E-state index in [4.69, 9.17) is 0 Å². The Kier molecular flexibility index (Phi) is 2.81. The van der Waals surface area contributed by atoms with E-state index in [1.807, 2.05) is 6.07 Å². The van der Waals surface area contributed by atoms with Crippen LogP contribution in [-0.4, -0.2) is 10.1 Å². The largest absolute Gasteiger partial charge is 0.505 e. The molecular formula is C9H4Br3NO. The van der Waals surface area contributed by atoms with Gasteiger partial charge in [0.05, 0.1) is 4.47 Å². The van der Waals surface area contributed by atoms with Gasteiger partial charge in [0.15, 0.2) is 5.75 Å². The van der Waals surface area contributed by atoms with Gasteiger partial charge in [-0.25, -0.2) is 0 Å². The van der Waals surface area contributed by atoms with Gasteiger partial charge in [0.1, 0.15) is 5.52 Å². The van der Waals surface area contributed by atoms with Gasteiger partial charge in [0.2, 0.25) is 0 Å². The Labute approximate surface area is 106 Å². The number of nitrogens with zero attached hydrogens (tertiary/aromatic N) is 1. The number of halogens is 3. The summed E-state index contributed by atoms with van der Waals surface area (Å²) < 4.78 is 2.41. The number of aromatic hydroxyl groups is 1. The molecule has 0 aliphatic heterocycles. The van der Waals surface area contributed by atoms with E-state index in [-0.39, 0.29) is 5.75 Å². The lowest BCUT2D eigenvalue weighted by atomic mass is 10.2. The smallest absolute Gasteiger partial charge is 0.156 e. The van der Waals surface area contributed by atoms with Crippen LogP contribution >= 0.6 is 47.8 Å². The van der Waals surface area contributed by atoms with Crippen LogP contribution < -0.4 is 0 Å². The van der Waals surface area contributed by atoms with Crippen molar-refractivity contribution >= 4 is 58.7 Å². The summed E-state index contributed by atoms with van der Waals surface area (Å²) in [6, 6.07) is 3.63. The third-order valence-electron chi connectivity index (χ3n) is 1.84. The summed E-state index contributed by atoms with van der Waals surface area (Å²) in [6.07, 6.45) is 1.64. The van der Waals surface area contributed by atoms with Crippen molar-refractivity contribution in [2.75, 3.05) is 0 Å². The number of pyridine rings is 1. The molecule has 1 aromatic heterocycles. The lowest BCUT2D eigenvalue weighted by molar-refractivity contribution is 0.477. The third kappa shape index (κ3) is 1.57. The molecule has 0 saturated heterocycles. The Morgan fingerprint density at radius 3 is 2.50 bits per heavy atom. The second kappa shape index (κ2) is 3.79. The van der Waals surface area contributed by atoms with Crippen molar-refractivity contribution in [2.24, 2.45) is 0 Å². The molecule has 1 N–H and O–H groups in total. The maximum Gasteiger partial charge on any atom is 0.156 e. The van der Waals surface area contributed by atoms with Crippen molar-refractivity contribution in [3.05, 3.63) is 31.7 Å². The zero-order chi connectivity index (χ0) is 10.3. The molecule has 0 aliphatic carbocycles. The van der Waals surface area contributed by atoms with Crippen LogP contribution in [0.25, 0.3) is 10.9 Å². The Bertz CT molecular complexity index is 513. The standard InChI is InChI=1S/C9H4Br3NO/c10-4-1-2-13-8-7(4)5(11)3-6(12)9(8)14/h1-3,14H. The minimum atomic E-state index is 0.157. The zero-order valence-electron chi connectivity index (χ0n) is 6.76. The van der Waals surface area contributed by atoms with Crippen LogP contribution in [0.3, 0.4) is 0 Å². The highest BCUT2D eigenvalue weighted by atomic mass is 79.9. The predicted octanol–water partition coefficient (Wildman–Crippen LogP) is 4.23. The Morgan fingerprint density at radius 2 is 1.79 bits per heavy atom. The van der Waals surface area contributed by atoms with E-state index >= 15 is 0 Å². The van der Waals surface area contributed by atoms with Gasteiger partial charge in [-0.3, -0.25) is 4.98 Å². The van der Waals surface area contributed by atoms with Crippen LogP contribution in [0.1, 0.15) is 0 Å². The minimum Gasteiger partial charge on any atom is -0.505 e. The van der Waals surface area contributed by atoms with Crippen molar-refractivity contribution in [1.29, 1.82) is 0 Å². The fourth-order valence-electron chi connectivity index (χ4n) is 1.21. The van der Waals surface area contributed by atoms with E-state index in [1.54, 1.807) is 12.3 Å². The number of rotatable bonds is 0. The van der Waals surface area contributed by atoms with E-state index in [2.05, 4.69) is 52.8 Å². The third-order valence-corrected chi connectivity index (χ3v) is 3.73. The summed E-state index contributed by atoms with van der Waals surface area (Å²) in [5, 5.41) is 10.6. The molecule has 0 radical (unpaired) electrons. The quantitative estimate of drug-likeness (QED) is 0.741. The molecule has 0 atom stereocenters. The van der Waals surface area contributed by atoms with Crippen molar-refractivity contribution in [3.63, 3.8) is 0 Å². The number of fused-ring (bicyclic) bond motifs is 1. The van der Waals surface area contributed by atoms with E-state index in [1.165, 1.54) is 0 Å². The summed E-state index contributed by atoms with van der Waals surface area (Å²) in [5.74, 6) is 0.157. The van der Waals surface area contributed by atoms with E-state index in [9.17, 15) is 5.11 Å². The van der Waals surface area contributed by atoms with Crippen molar-refractivity contribution in [3.8, 4) is 5.75 Å². The Balaban J connectivity index is 3.02. The molecule has 0 fully saturated rings. The molecule has 2 nitrogen and oxygen atoms in total.